The molecule has 0 radical (unpaired) electrons. The zero-order valence-corrected chi connectivity index (χ0v) is 11.7. The van der Waals surface area contributed by atoms with Crippen LogP contribution in [0, 0.1) is 5.92 Å². The topological polar surface area (TPSA) is 15.3 Å². The van der Waals surface area contributed by atoms with E-state index in [-0.39, 0.29) is 0 Å². The fourth-order valence-electron chi connectivity index (χ4n) is 2.97. The Morgan fingerprint density at radius 3 is 2.35 bits per heavy atom. The molecule has 1 heterocycles. The van der Waals surface area contributed by atoms with Crippen molar-refractivity contribution in [3.05, 3.63) is 11.6 Å². The molecule has 1 N–H and O–H groups in total. The van der Waals surface area contributed by atoms with Gasteiger partial charge in [0, 0.05) is 18.6 Å². The highest BCUT2D eigenvalue weighted by Crippen LogP contribution is 2.27. The van der Waals surface area contributed by atoms with Crippen LogP contribution in [-0.4, -0.2) is 36.6 Å². The fourth-order valence-corrected chi connectivity index (χ4v) is 2.97. The van der Waals surface area contributed by atoms with Crippen LogP contribution in [0.2, 0.25) is 0 Å². The van der Waals surface area contributed by atoms with Crippen molar-refractivity contribution in [2.75, 3.05) is 19.6 Å². The van der Waals surface area contributed by atoms with E-state index >= 15 is 0 Å². The Morgan fingerprint density at radius 1 is 1.18 bits per heavy atom. The van der Waals surface area contributed by atoms with Crippen LogP contribution in [-0.2, 0) is 0 Å². The molecule has 2 heteroatoms. The molecule has 1 aliphatic carbocycles. The summed E-state index contributed by atoms with van der Waals surface area (Å²) in [6.07, 6.45) is 7.82. The molecule has 0 aromatic rings. The summed E-state index contributed by atoms with van der Waals surface area (Å²) in [4.78, 5) is 2.58. The maximum Gasteiger partial charge on any atom is 0.0165 e. The van der Waals surface area contributed by atoms with Crippen LogP contribution in [0.5, 0.6) is 0 Å². The van der Waals surface area contributed by atoms with Crippen molar-refractivity contribution in [1.82, 2.24) is 10.2 Å². The number of rotatable bonds is 4. The third kappa shape index (κ3) is 4.11. The molecule has 0 spiro atoms. The SMILES string of the molecule is CC(C)=CCN1CCC(NC2CC(C)C2)CC1. The van der Waals surface area contributed by atoms with E-state index in [9.17, 15) is 0 Å². The highest BCUT2D eigenvalue weighted by Gasteiger charge is 2.28. The normalized spacial score (nSPS) is 31.0. The van der Waals surface area contributed by atoms with Crippen LogP contribution in [0.4, 0.5) is 0 Å². The molecule has 98 valence electrons. The van der Waals surface area contributed by atoms with Gasteiger partial charge in [0.1, 0.15) is 0 Å². The molecule has 2 nitrogen and oxygen atoms in total. The van der Waals surface area contributed by atoms with Gasteiger partial charge in [0.2, 0.25) is 0 Å². The lowest BCUT2D eigenvalue weighted by atomic mass is 9.81. The van der Waals surface area contributed by atoms with Crippen molar-refractivity contribution in [1.29, 1.82) is 0 Å². The lowest BCUT2D eigenvalue weighted by Gasteiger charge is -2.39. The molecule has 2 fully saturated rings. The van der Waals surface area contributed by atoms with E-state index < -0.39 is 0 Å². The minimum atomic E-state index is 0.787. The number of hydrogen-bond donors (Lipinski definition) is 1. The fraction of sp³-hybridized carbons (Fsp3) is 0.867. The Morgan fingerprint density at radius 2 is 1.82 bits per heavy atom. The molecular weight excluding hydrogens is 208 g/mol. The van der Waals surface area contributed by atoms with E-state index in [1.807, 2.05) is 0 Å². The molecule has 2 rings (SSSR count). The first-order chi connectivity index (χ1) is 8.13. The van der Waals surface area contributed by atoms with Crippen molar-refractivity contribution < 1.29 is 0 Å². The average molecular weight is 236 g/mol. The summed E-state index contributed by atoms with van der Waals surface area (Å²) < 4.78 is 0. The maximum atomic E-state index is 3.83. The second kappa shape index (κ2) is 6.01. The summed E-state index contributed by atoms with van der Waals surface area (Å²) in [6, 6.07) is 1.62. The Labute approximate surface area is 106 Å². The van der Waals surface area contributed by atoms with Crippen LogP contribution in [0.15, 0.2) is 11.6 Å². The molecule has 17 heavy (non-hydrogen) atoms. The molecule has 0 bridgehead atoms. The van der Waals surface area contributed by atoms with E-state index in [0.717, 1.165) is 24.5 Å². The molecule has 0 aromatic carbocycles. The first-order valence-electron chi connectivity index (χ1n) is 7.25. The highest BCUT2D eigenvalue weighted by molar-refractivity contribution is 4.96. The molecule has 1 saturated heterocycles. The second-order valence-electron chi connectivity index (χ2n) is 6.30. The van der Waals surface area contributed by atoms with Crippen molar-refractivity contribution in [3.8, 4) is 0 Å². The predicted molar refractivity (Wildman–Crippen MR) is 74.2 cm³/mol. The van der Waals surface area contributed by atoms with Gasteiger partial charge in [-0.3, -0.25) is 4.90 Å². The largest absolute Gasteiger partial charge is 0.311 e. The highest BCUT2D eigenvalue weighted by atomic mass is 15.1. The third-order valence-electron chi connectivity index (χ3n) is 4.19. The maximum absolute atomic E-state index is 3.83. The van der Waals surface area contributed by atoms with Gasteiger partial charge < -0.3 is 5.32 Å². The predicted octanol–water partition coefficient (Wildman–Crippen LogP) is 2.81. The minimum absolute atomic E-state index is 0.787. The summed E-state index contributed by atoms with van der Waals surface area (Å²) in [7, 11) is 0. The Balaban J connectivity index is 1.62. The van der Waals surface area contributed by atoms with Crippen molar-refractivity contribution in [2.45, 2.75) is 58.5 Å². The van der Waals surface area contributed by atoms with E-state index in [0.29, 0.717) is 0 Å². The molecule has 0 atom stereocenters. The van der Waals surface area contributed by atoms with Crippen LogP contribution < -0.4 is 5.32 Å². The number of allylic oxidation sites excluding steroid dienone is 1. The zero-order valence-electron chi connectivity index (χ0n) is 11.7. The van der Waals surface area contributed by atoms with Crippen molar-refractivity contribution in [2.24, 2.45) is 5.92 Å². The molecule has 0 aromatic heterocycles. The lowest BCUT2D eigenvalue weighted by Crippen LogP contribution is -2.50. The van der Waals surface area contributed by atoms with Crippen LogP contribution in [0.3, 0.4) is 0 Å². The third-order valence-corrected chi connectivity index (χ3v) is 4.19. The van der Waals surface area contributed by atoms with Crippen molar-refractivity contribution in [3.63, 3.8) is 0 Å². The summed E-state index contributed by atoms with van der Waals surface area (Å²) in [5, 5.41) is 3.83. The van der Waals surface area contributed by atoms with Gasteiger partial charge >= 0.3 is 0 Å². The van der Waals surface area contributed by atoms with Gasteiger partial charge in [0.05, 0.1) is 0 Å². The first-order valence-corrected chi connectivity index (χ1v) is 7.25. The Bertz CT molecular complexity index is 254. The molecule has 0 amide bonds. The molecule has 1 aliphatic heterocycles. The monoisotopic (exact) mass is 236 g/mol. The Hall–Kier alpha value is -0.340. The lowest BCUT2D eigenvalue weighted by molar-refractivity contribution is 0.167. The summed E-state index contributed by atoms with van der Waals surface area (Å²) in [6.45, 7) is 10.4. The summed E-state index contributed by atoms with van der Waals surface area (Å²) in [5.74, 6) is 0.963. The summed E-state index contributed by atoms with van der Waals surface area (Å²) in [5.41, 5.74) is 1.44. The molecule has 1 saturated carbocycles. The molecular formula is C15H28N2. The number of nitrogens with zero attached hydrogens (tertiary/aromatic N) is 1. The zero-order chi connectivity index (χ0) is 12.3. The summed E-state index contributed by atoms with van der Waals surface area (Å²) >= 11 is 0. The van der Waals surface area contributed by atoms with Gasteiger partial charge in [0.25, 0.3) is 0 Å². The van der Waals surface area contributed by atoms with Crippen LogP contribution in [0.1, 0.15) is 46.5 Å². The second-order valence-corrected chi connectivity index (χ2v) is 6.30. The standard InChI is InChI=1S/C15H28N2/c1-12(2)4-7-17-8-5-14(6-9-17)16-15-10-13(3)11-15/h4,13-16H,5-11H2,1-3H3. The van der Waals surface area contributed by atoms with Gasteiger partial charge in [-0.1, -0.05) is 18.6 Å². The quantitative estimate of drug-likeness (QED) is 0.755. The molecule has 0 unspecified atom stereocenters. The van der Waals surface area contributed by atoms with Crippen LogP contribution >= 0.6 is 0 Å². The van der Waals surface area contributed by atoms with E-state index in [2.05, 4.69) is 37.1 Å². The number of nitrogens with one attached hydrogen (secondary N) is 1. The number of hydrogen-bond acceptors (Lipinski definition) is 2. The van der Waals surface area contributed by atoms with Gasteiger partial charge in [-0.15, -0.1) is 0 Å². The number of likely N-dealkylation sites (tertiary alicyclic amines) is 1. The van der Waals surface area contributed by atoms with Gasteiger partial charge in [0.15, 0.2) is 0 Å². The first kappa shape index (κ1) is 13.1. The smallest absolute Gasteiger partial charge is 0.0165 e. The Kier molecular flexibility index (Phi) is 4.63. The van der Waals surface area contributed by atoms with Gasteiger partial charge in [-0.2, -0.15) is 0 Å². The average Bonchev–Trinajstić information content (AvgIpc) is 2.26. The number of piperidine rings is 1. The van der Waals surface area contributed by atoms with E-state index in [1.165, 1.54) is 44.3 Å². The molecule has 2 aliphatic rings. The van der Waals surface area contributed by atoms with E-state index in [4.69, 9.17) is 0 Å². The van der Waals surface area contributed by atoms with E-state index in [1.54, 1.807) is 0 Å². The minimum Gasteiger partial charge on any atom is -0.311 e. The van der Waals surface area contributed by atoms with Gasteiger partial charge in [-0.25, -0.2) is 0 Å². The van der Waals surface area contributed by atoms with Crippen LogP contribution in [0.25, 0.3) is 0 Å². The van der Waals surface area contributed by atoms with Gasteiger partial charge in [-0.05, 0) is 58.5 Å². The van der Waals surface area contributed by atoms with Crippen molar-refractivity contribution >= 4 is 0 Å².